The van der Waals surface area contributed by atoms with Gasteiger partial charge in [-0.2, -0.15) is 0 Å². The van der Waals surface area contributed by atoms with E-state index >= 15 is 0 Å². The average molecular weight is 401 g/mol. The van der Waals surface area contributed by atoms with Gasteiger partial charge < -0.3 is 13.9 Å². The topological polar surface area (TPSA) is 74.8 Å². The molecule has 0 unspecified atom stereocenters. The molecular weight excluding hydrogens is 378 g/mol. The monoisotopic (exact) mass is 401 g/mol. The van der Waals surface area contributed by atoms with E-state index < -0.39 is 0 Å². The Morgan fingerprint density at radius 1 is 1.10 bits per heavy atom. The number of aromatic nitrogens is 5. The zero-order chi connectivity index (χ0) is 20.5. The lowest BCUT2D eigenvalue weighted by atomic mass is 10.0. The van der Waals surface area contributed by atoms with Crippen LogP contribution < -0.4 is 0 Å². The van der Waals surface area contributed by atoms with Crippen LogP contribution in [0.2, 0.25) is 0 Å². The van der Waals surface area contributed by atoms with Crippen LogP contribution in [0.5, 0.6) is 0 Å². The highest BCUT2D eigenvalue weighted by atomic mass is 16.5. The lowest BCUT2D eigenvalue weighted by Gasteiger charge is -2.22. The van der Waals surface area contributed by atoms with Crippen molar-refractivity contribution in [1.82, 2.24) is 24.1 Å². The van der Waals surface area contributed by atoms with Gasteiger partial charge in [-0.3, -0.25) is 9.78 Å². The van der Waals surface area contributed by atoms with Gasteiger partial charge in [-0.15, -0.1) is 0 Å². The number of ketones is 1. The second kappa shape index (κ2) is 7.84. The third-order valence-corrected chi connectivity index (χ3v) is 5.73. The molecule has 152 valence electrons. The summed E-state index contributed by atoms with van der Waals surface area (Å²) >= 11 is 0. The summed E-state index contributed by atoms with van der Waals surface area (Å²) in [5.74, 6) is -0.0181. The Kier molecular flexibility index (Phi) is 4.88. The maximum atomic E-state index is 12.8. The third-order valence-electron chi connectivity index (χ3n) is 5.73. The van der Waals surface area contributed by atoms with Crippen molar-refractivity contribution < 1.29 is 9.53 Å². The lowest BCUT2D eigenvalue weighted by Crippen LogP contribution is -2.18. The van der Waals surface area contributed by atoms with Gasteiger partial charge in [0.15, 0.2) is 5.78 Å². The van der Waals surface area contributed by atoms with E-state index in [2.05, 4.69) is 27.1 Å². The SMILES string of the molecule is Cn1cncc1-c1ccc2cnc(CC(=O)c3cn(C4CCOCC4)cn3)cc2c1. The Balaban J connectivity index is 1.36. The maximum Gasteiger partial charge on any atom is 0.188 e. The molecule has 1 aliphatic rings. The summed E-state index contributed by atoms with van der Waals surface area (Å²) in [5.41, 5.74) is 3.37. The molecule has 0 radical (unpaired) electrons. The molecule has 0 spiro atoms. The molecule has 0 aliphatic carbocycles. The zero-order valence-electron chi connectivity index (χ0n) is 16.9. The number of benzene rings is 1. The summed E-state index contributed by atoms with van der Waals surface area (Å²) in [5, 5.41) is 2.10. The van der Waals surface area contributed by atoms with Gasteiger partial charge in [0, 0.05) is 55.3 Å². The summed E-state index contributed by atoms with van der Waals surface area (Å²) < 4.78 is 9.45. The van der Waals surface area contributed by atoms with Crippen LogP contribution in [-0.4, -0.2) is 43.1 Å². The number of pyridine rings is 1. The zero-order valence-corrected chi connectivity index (χ0v) is 16.9. The molecule has 3 aromatic heterocycles. The fourth-order valence-corrected chi connectivity index (χ4v) is 4.00. The van der Waals surface area contributed by atoms with Crippen LogP contribution >= 0.6 is 0 Å². The highest BCUT2D eigenvalue weighted by Crippen LogP contribution is 2.25. The van der Waals surface area contributed by atoms with E-state index in [0.717, 1.165) is 53.8 Å². The Morgan fingerprint density at radius 2 is 1.97 bits per heavy atom. The van der Waals surface area contributed by atoms with E-state index in [-0.39, 0.29) is 12.2 Å². The predicted molar refractivity (Wildman–Crippen MR) is 113 cm³/mol. The number of carbonyl (C=O) groups excluding carboxylic acids is 1. The number of ether oxygens (including phenoxy) is 1. The van der Waals surface area contributed by atoms with Gasteiger partial charge in [0.05, 0.1) is 31.0 Å². The van der Waals surface area contributed by atoms with Crippen molar-refractivity contribution in [3.05, 3.63) is 66.9 Å². The van der Waals surface area contributed by atoms with Crippen molar-refractivity contribution in [2.75, 3.05) is 13.2 Å². The molecule has 1 aromatic carbocycles. The molecule has 4 aromatic rings. The van der Waals surface area contributed by atoms with Crippen molar-refractivity contribution in [1.29, 1.82) is 0 Å². The quantitative estimate of drug-likeness (QED) is 0.478. The molecule has 0 atom stereocenters. The first-order valence-electron chi connectivity index (χ1n) is 10.2. The first-order valence-corrected chi connectivity index (χ1v) is 10.2. The van der Waals surface area contributed by atoms with Crippen LogP contribution in [0.25, 0.3) is 22.0 Å². The van der Waals surface area contributed by atoms with E-state index in [9.17, 15) is 4.79 Å². The van der Waals surface area contributed by atoms with E-state index in [1.807, 2.05) is 46.9 Å². The van der Waals surface area contributed by atoms with E-state index in [1.165, 1.54) is 0 Å². The summed E-state index contributed by atoms with van der Waals surface area (Å²) in [4.78, 5) is 25.8. The summed E-state index contributed by atoms with van der Waals surface area (Å²) in [6.07, 6.45) is 11.2. The van der Waals surface area contributed by atoms with Gasteiger partial charge in [-0.1, -0.05) is 12.1 Å². The van der Waals surface area contributed by atoms with Crippen molar-refractivity contribution in [3.63, 3.8) is 0 Å². The number of imidazole rings is 2. The number of Topliss-reactive ketones (excluding diaryl/α,β-unsaturated/α-hetero) is 1. The molecule has 0 amide bonds. The fourth-order valence-electron chi connectivity index (χ4n) is 4.00. The second-order valence-corrected chi connectivity index (χ2v) is 7.78. The lowest BCUT2D eigenvalue weighted by molar-refractivity contribution is 0.0695. The standard InChI is InChI=1S/C23H23N5O2/c1-27-14-24-12-22(27)16-2-3-17-11-25-19(9-18(17)8-16)10-23(29)21-13-28(15-26-21)20-4-6-30-7-5-20/h2-3,8-9,11-15,20H,4-7,10H2,1H3. The van der Waals surface area contributed by atoms with Crippen LogP contribution in [0.3, 0.4) is 0 Å². The number of nitrogens with zero attached hydrogens (tertiary/aromatic N) is 5. The number of hydrogen-bond donors (Lipinski definition) is 0. The van der Waals surface area contributed by atoms with Gasteiger partial charge >= 0.3 is 0 Å². The van der Waals surface area contributed by atoms with Gasteiger partial charge in [-0.05, 0) is 30.4 Å². The predicted octanol–water partition coefficient (Wildman–Crippen LogP) is 3.61. The van der Waals surface area contributed by atoms with E-state index in [0.29, 0.717) is 11.7 Å². The van der Waals surface area contributed by atoms with Gasteiger partial charge in [0.25, 0.3) is 0 Å². The molecule has 7 nitrogen and oxygen atoms in total. The molecule has 0 saturated carbocycles. The van der Waals surface area contributed by atoms with E-state index in [1.54, 1.807) is 12.7 Å². The molecule has 0 N–H and O–H groups in total. The minimum atomic E-state index is -0.0181. The molecule has 5 rings (SSSR count). The van der Waals surface area contributed by atoms with Gasteiger partial charge in [0.1, 0.15) is 5.69 Å². The van der Waals surface area contributed by atoms with Crippen LogP contribution in [0, 0.1) is 0 Å². The molecule has 4 heterocycles. The van der Waals surface area contributed by atoms with Crippen LogP contribution in [0.4, 0.5) is 0 Å². The molecule has 1 saturated heterocycles. The molecule has 1 fully saturated rings. The number of rotatable bonds is 5. The summed E-state index contributed by atoms with van der Waals surface area (Å²) in [6.45, 7) is 1.52. The van der Waals surface area contributed by atoms with Crippen LogP contribution in [0.15, 0.2) is 55.5 Å². The molecular formula is C23H23N5O2. The molecule has 30 heavy (non-hydrogen) atoms. The fraction of sp³-hybridized carbons (Fsp3) is 0.304. The van der Waals surface area contributed by atoms with Crippen LogP contribution in [-0.2, 0) is 18.2 Å². The van der Waals surface area contributed by atoms with E-state index in [4.69, 9.17) is 4.74 Å². The number of fused-ring (bicyclic) bond motifs is 1. The second-order valence-electron chi connectivity index (χ2n) is 7.78. The normalized spacial score (nSPS) is 15.0. The largest absolute Gasteiger partial charge is 0.381 e. The van der Waals surface area contributed by atoms with Gasteiger partial charge in [0.2, 0.25) is 0 Å². The average Bonchev–Trinajstić information content (AvgIpc) is 3.43. The first-order chi connectivity index (χ1) is 14.7. The van der Waals surface area contributed by atoms with Gasteiger partial charge in [-0.25, -0.2) is 9.97 Å². The highest BCUT2D eigenvalue weighted by Gasteiger charge is 2.18. The Bertz CT molecular complexity index is 1200. The smallest absolute Gasteiger partial charge is 0.188 e. The Hall–Kier alpha value is -3.32. The first kappa shape index (κ1) is 18.7. The minimum absolute atomic E-state index is 0.0181. The number of carbonyl (C=O) groups is 1. The van der Waals surface area contributed by atoms with Crippen molar-refractivity contribution in [2.24, 2.45) is 7.05 Å². The summed E-state index contributed by atoms with van der Waals surface area (Å²) in [6, 6.07) is 8.57. The van der Waals surface area contributed by atoms with Crippen molar-refractivity contribution in [2.45, 2.75) is 25.3 Å². The highest BCUT2D eigenvalue weighted by molar-refractivity contribution is 5.96. The number of hydrogen-bond acceptors (Lipinski definition) is 5. The van der Waals surface area contributed by atoms with Crippen molar-refractivity contribution in [3.8, 4) is 11.3 Å². The van der Waals surface area contributed by atoms with Crippen molar-refractivity contribution >= 4 is 16.6 Å². The number of aryl methyl sites for hydroxylation is 1. The Labute approximate surface area is 174 Å². The maximum absolute atomic E-state index is 12.8. The summed E-state index contributed by atoms with van der Waals surface area (Å²) in [7, 11) is 1.97. The molecule has 1 aliphatic heterocycles. The molecule has 7 heteroatoms. The Morgan fingerprint density at radius 3 is 2.77 bits per heavy atom. The third kappa shape index (κ3) is 3.64. The van der Waals surface area contributed by atoms with Crippen LogP contribution in [0.1, 0.15) is 35.1 Å². The molecule has 0 bridgehead atoms. The minimum Gasteiger partial charge on any atom is -0.381 e.